The predicted octanol–water partition coefficient (Wildman–Crippen LogP) is 9.84. The van der Waals surface area contributed by atoms with E-state index in [1.807, 2.05) is 4.90 Å². The molecule has 5 aromatic rings. The van der Waals surface area contributed by atoms with Gasteiger partial charge in [0.05, 0.1) is 72.5 Å². The third kappa shape index (κ3) is 12.1. The summed E-state index contributed by atoms with van der Waals surface area (Å²) in [6.45, 7) is 4.83. The number of aromatic nitrogens is 2. The molecule has 4 aromatic carbocycles. The summed E-state index contributed by atoms with van der Waals surface area (Å²) in [6.07, 6.45) is -2.32. The number of hydrogen-bond acceptors (Lipinski definition) is 13. The maximum atomic E-state index is 17.0. The van der Waals surface area contributed by atoms with E-state index in [0.29, 0.717) is 67.7 Å². The van der Waals surface area contributed by atoms with Crippen LogP contribution in [0.15, 0.2) is 65.7 Å². The predicted molar refractivity (Wildman–Crippen MR) is 293 cm³/mol. The highest BCUT2D eigenvalue weighted by Gasteiger charge is 2.42. The maximum Gasteiger partial charge on any atom is 0.416 e. The molecule has 7 atom stereocenters. The Bertz CT molecular complexity index is 3170. The van der Waals surface area contributed by atoms with Gasteiger partial charge in [-0.2, -0.15) is 13.2 Å². The summed E-state index contributed by atoms with van der Waals surface area (Å²) in [7, 11) is 5.38. The molecule has 0 radical (unpaired) electrons. The largest absolute Gasteiger partial charge is 0.453 e. The number of aliphatic imine (C=N–C) groups is 1. The number of aromatic amines is 1. The average molecular weight is 1150 g/mol. The van der Waals surface area contributed by atoms with Crippen LogP contribution in [0.2, 0.25) is 0 Å². The number of H-pyrrole nitrogens is 1. The number of likely N-dealkylation sites (tertiary alicyclic amines) is 2. The summed E-state index contributed by atoms with van der Waals surface area (Å²) < 4.78 is 123. The first kappa shape index (κ1) is 58.8. The zero-order valence-electron chi connectivity index (χ0n) is 46.2. The van der Waals surface area contributed by atoms with Gasteiger partial charge in [-0.3, -0.25) is 14.6 Å². The number of piperazine rings is 1. The fourth-order valence-corrected chi connectivity index (χ4v) is 11.8. The lowest BCUT2D eigenvalue weighted by atomic mass is 10.0. The average Bonchev–Trinajstić information content (AvgIpc) is 4.50. The Morgan fingerprint density at radius 1 is 0.732 bits per heavy atom. The second kappa shape index (κ2) is 24.7. The van der Waals surface area contributed by atoms with Crippen molar-refractivity contribution < 1.29 is 64.1 Å². The zero-order chi connectivity index (χ0) is 58.7. The van der Waals surface area contributed by atoms with E-state index in [2.05, 4.69) is 20.9 Å². The molecular weight excluding hydrogens is 1080 g/mol. The molecule has 4 aliphatic rings. The quantitative estimate of drug-likeness (QED) is 0.0542. The summed E-state index contributed by atoms with van der Waals surface area (Å²) in [5.41, 5.74) is 0.743. The number of ether oxygens (including phenoxy) is 3. The number of alkyl carbamates (subject to hydrolysis) is 2. The van der Waals surface area contributed by atoms with Crippen LogP contribution >= 0.6 is 0 Å². The van der Waals surface area contributed by atoms with Gasteiger partial charge in [-0.15, -0.1) is 0 Å². The number of hydrogen-bond donors (Lipinski definition) is 4. The van der Waals surface area contributed by atoms with Crippen LogP contribution in [0, 0.1) is 23.3 Å². The molecule has 4 fully saturated rings. The fourth-order valence-electron chi connectivity index (χ4n) is 11.8. The van der Waals surface area contributed by atoms with Crippen LogP contribution in [0.25, 0.3) is 11.0 Å². The minimum absolute atomic E-state index is 0.0225. The number of benzene rings is 4. The number of imidazole rings is 1. The van der Waals surface area contributed by atoms with Crippen LogP contribution in [0.5, 0.6) is 0 Å². The Morgan fingerprint density at radius 3 is 1.96 bits per heavy atom. The van der Waals surface area contributed by atoms with Gasteiger partial charge in [0.25, 0.3) is 0 Å². The van der Waals surface area contributed by atoms with Crippen LogP contribution in [0.4, 0.5) is 68.8 Å². The summed E-state index contributed by atoms with van der Waals surface area (Å²) in [5, 5.41) is 8.11. The Morgan fingerprint density at radius 2 is 1.34 bits per heavy atom. The van der Waals surface area contributed by atoms with Crippen LogP contribution < -0.4 is 30.7 Å². The van der Waals surface area contributed by atoms with E-state index in [-0.39, 0.29) is 78.8 Å². The van der Waals surface area contributed by atoms with Gasteiger partial charge in [0, 0.05) is 82.1 Å². The van der Waals surface area contributed by atoms with E-state index in [1.165, 1.54) is 56.6 Å². The Labute approximate surface area is 469 Å². The fraction of sp³-hybridized carbons (Fsp3) is 0.474. The molecule has 0 bridgehead atoms. The third-order valence-electron chi connectivity index (χ3n) is 16.1. The molecule has 1 aromatic heterocycles. The summed E-state index contributed by atoms with van der Waals surface area (Å²) >= 11 is 0. The topological polar surface area (TPSA) is 189 Å². The maximum absolute atomic E-state index is 17.0. The first-order chi connectivity index (χ1) is 39.3. The first-order valence-corrected chi connectivity index (χ1v) is 27.3. The van der Waals surface area contributed by atoms with Gasteiger partial charge in [0.15, 0.2) is 11.6 Å². The van der Waals surface area contributed by atoms with E-state index in [4.69, 9.17) is 24.2 Å². The summed E-state index contributed by atoms with van der Waals surface area (Å²) in [6, 6.07) is 7.56. The van der Waals surface area contributed by atoms with Gasteiger partial charge in [-0.1, -0.05) is 6.92 Å². The van der Waals surface area contributed by atoms with Crippen molar-refractivity contribution in [3.63, 3.8) is 0 Å². The van der Waals surface area contributed by atoms with E-state index >= 15 is 17.6 Å². The van der Waals surface area contributed by atoms with E-state index < -0.39 is 95.5 Å². The van der Waals surface area contributed by atoms with Gasteiger partial charge in [0.2, 0.25) is 11.8 Å². The Kier molecular flexibility index (Phi) is 17.7. The molecule has 0 unspecified atom stereocenters. The molecule has 82 heavy (non-hydrogen) atoms. The molecule has 4 N–H and O–H groups in total. The standard InChI is InChI=1S/C57H66F7N11O7/c1-7-42(69-55(78)81-5)53(76)74-19-9-11-49(74)52-67-45-27-37(39(59)29-46(45)68-52)48-17-16-47(75(48)35-24-40(60)51(41(61)25-35)72-22-20-71(21-23-72)33-14-12-32(13-15-33)57(62,63)64)36-26-44(43(65-3)28-38(36)58)66-30-34-10-8-18-73(34)54(77)50(31(2)80-4)70-56(79)82-6/h12-15,24-31,34,42,47-50,65H,7-11,16-23H2,1-6H3,(H,67,68)(H,69,78)(H,70,79)/b66-30+/t31-,34+,42+,47-,48-,49+,50+/m1/s1. The van der Waals surface area contributed by atoms with Crippen molar-refractivity contribution >= 4 is 69.7 Å². The number of nitrogens with zero attached hydrogens (tertiary/aromatic N) is 7. The highest BCUT2D eigenvalue weighted by atomic mass is 19.4. The number of amides is 4. The van der Waals surface area contributed by atoms with Crippen molar-refractivity contribution in [1.29, 1.82) is 0 Å². The normalized spacial score (nSPS) is 20.6. The second-order valence-corrected chi connectivity index (χ2v) is 20.8. The Balaban J connectivity index is 1.06. The molecule has 4 saturated heterocycles. The van der Waals surface area contributed by atoms with Crippen molar-refractivity contribution in [2.75, 3.05) is 87.7 Å². The number of fused-ring (bicyclic) bond motifs is 1. The number of alkyl halides is 3. The SMILES string of the molecule is CC[C@H](NC(=O)OC)C(=O)N1CCC[C@H]1c1nc2cc([C@H]3CC[C@H](c4cc(/N=C/[C@@H]5CCCN5C(=O)[C@@H](NC(=O)OC)[C@@H](C)OC)c(NC)cc4F)N3c3cc(F)c(N4CCN(c5ccc(C(F)(F)F)cc5)CC4)c(F)c3)c(F)cc2[nH]1. The third-order valence-corrected chi connectivity index (χ3v) is 16.1. The molecule has 0 aliphatic carbocycles. The Hall–Kier alpha value is -7.83. The van der Waals surface area contributed by atoms with Crippen molar-refractivity contribution in [2.24, 2.45) is 4.99 Å². The first-order valence-electron chi connectivity index (χ1n) is 27.3. The number of methoxy groups -OCH3 is 3. The van der Waals surface area contributed by atoms with Crippen LogP contribution in [0.3, 0.4) is 0 Å². The number of rotatable bonds is 16. The van der Waals surface area contributed by atoms with E-state index in [1.54, 1.807) is 47.9 Å². The van der Waals surface area contributed by atoms with E-state index in [0.717, 1.165) is 24.3 Å². The molecule has 18 nitrogen and oxygen atoms in total. The van der Waals surface area contributed by atoms with Gasteiger partial charge < -0.3 is 59.6 Å². The summed E-state index contributed by atoms with van der Waals surface area (Å²) in [4.78, 5) is 73.1. The molecule has 5 heterocycles. The van der Waals surface area contributed by atoms with Crippen LogP contribution in [-0.4, -0.2) is 142 Å². The van der Waals surface area contributed by atoms with Gasteiger partial charge in [-0.25, -0.2) is 32.1 Å². The highest BCUT2D eigenvalue weighted by molar-refractivity contribution is 5.90. The zero-order valence-corrected chi connectivity index (χ0v) is 46.2. The number of anilines is 4. The molecule has 440 valence electrons. The number of carbonyl (C=O) groups is 4. The minimum Gasteiger partial charge on any atom is -0.453 e. The smallest absolute Gasteiger partial charge is 0.416 e. The van der Waals surface area contributed by atoms with Crippen molar-refractivity contribution in [3.8, 4) is 0 Å². The van der Waals surface area contributed by atoms with Crippen molar-refractivity contribution in [3.05, 3.63) is 106 Å². The summed E-state index contributed by atoms with van der Waals surface area (Å²) in [5.74, 6) is -3.66. The van der Waals surface area contributed by atoms with Gasteiger partial charge in [0.1, 0.15) is 35.2 Å². The highest BCUT2D eigenvalue weighted by Crippen LogP contribution is 2.51. The van der Waals surface area contributed by atoms with Gasteiger partial charge >= 0.3 is 18.4 Å². The lowest BCUT2D eigenvalue weighted by Crippen LogP contribution is -2.55. The molecule has 4 amide bonds. The second-order valence-electron chi connectivity index (χ2n) is 20.8. The number of halogens is 7. The minimum atomic E-state index is -4.51. The van der Waals surface area contributed by atoms with Gasteiger partial charge in [-0.05, 0) is 113 Å². The van der Waals surface area contributed by atoms with Crippen LogP contribution in [-0.2, 0) is 30.0 Å². The molecule has 0 saturated carbocycles. The van der Waals surface area contributed by atoms with Crippen molar-refractivity contribution in [2.45, 2.75) is 107 Å². The molecular formula is C57H66F7N11O7. The lowest BCUT2D eigenvalue weighted by Gasteiger charge is -2.38. The number of nitrogens with one attached hydrogen (secondary N) is 4. The molecule has 25 heteroatoms. The molecule has 0 spiro atoms. The molecule has 9 rings (SSSR count). The lowest BCUT2D eigenvalue weighted by molar-refractivity contribution is -0.138. The monoisotopic (exact) mass is 1150 g/mol. The van der Waals surface area contributed by atoms with Crippen molar-refractivity contribution in [1.82, 2.24) is 30.4 Å². The molecule has 4 aliphatic heterocycles. The van der Waals surface area contributed by atoms with E-state index in [9.17, 15) is 32.3 Å². The van der Waals surface area contributed by atoms with Crippen LogP contribution in [0.1, 0.15) is 99.4 Å². The number of carbonyl (C=O) groups excluding carboxylic acids is 4.